The molecule has 0 aliphatic carbocycles. The van der Waals surface area contributed by atoms with Crippen molar-refractivity contribution in [1.29, 1.82) is 0 Å². The Bertz CT molecular complexity index is 693. The lowest BCUT2D eigenvalue weighted by Crippen LogP contribution is -2.32. The van der Waals surface area contributed by atoms with Crippen molar-refractivity contribution in [3.8, 4) is 5.88 Å². The minimum absolute atomic E-state index is 0.0259. The van der Waals surface area contributed by atoms with Gasteiger partial charge in [0, 0.05) is 30.5 Å². The Morgan fingerprint density at radius 1 is 1.32 bits per heavy atom. The number of carbonyl (C=O) groups excluding carboxylic acids is 1. The molecule has 1 aliphatic heterocycles. The average molecular weight is 344 g/mol. The van der Waals surface area contributed by atoms with Gasteiger partial charge < -0.3 is 9.64 Å². The van der Waals surface area contributed by atoms with Crippen LogP contribution in [0.25, 0.3) is 0 Å². The smallest absolute Gasteiger partial charge is 0.244 e. The van der Waals surface area contributed by atoms with Crippen LogP contribution >= 0.6 is 0 Å². The van der Waals surface area contributed by atoms with Crippen LogP contribution in [-0.4, -0.2) is 55.5 Å². The lowest BCUT2D eigenvalue weighted by molar-refractivity contribution is -0.131. The second kappa shape index (κ2) is 7.16. The fourth-order valence-corrected chi connectivity index (χ4v) is 2.75. The Hall–Kier alpha value is -2.51. The van der Waals surface area contributed by atoms with Gasteiger partial charge in [-0.3, -0.25) is 4.79 Å². The number of ether oxygens (including phenoxy) is 1. The molecule has 2 aromatic rings. The Morgan fingerprint density at radius 2 is 2.16 bits per heavy atom. The molecule has 0 spiro atoms. The third-order valence-electron chi connectivity index (χ3n) is 4.28. The molecule has 1 unspecified atom stereocenters. The van der Waals surface area contributed by atoms with Crippen molar-refractivity contribution in [3.63, 3.8) is 0 Å². The third kappa shape index (κ3) is 4.52. The highest BCUT2D eigenvalue weighted by atomic mass is 16.5. The zero-order chi connectivity index (χ0) is 17.9. The van der Waals surface area contributed by atoms with Crippen molar-refractivity contribution < 1.29 is 9.53 Å². The summed E-state index contributed by atoms with van der Waals surface area (Å²) in [5, 5.41) is 12.3. The highest BCUT2D eigenvalue weighted by Gasteiger charge is 2.27. The zero-order valence-corrected chi connectivity index (χ0v) is 14.9. The molecule has 1 amide bonds. The summed E-state index contributed by atoms with van der Waals surface area (Å²) < 4.78 is 7.29. The van der Waals surface area contributed by atoms with Crippen LogP contribution in [0.4, 0.5) is 0 Å². The van der Waals surface area contributed by atoms with Crippen molar-refractivity contribution in [2.45, 2.75) is 39.2 Å². The summed E-state index contributed by atoms with van der Waals surface area (Å²) in [4.78, 5) is 17.9. The first-order chi connectivity index (χ1) is 11.9. The van der Waals surface area contributed by atoms with Gasteiger partial charge in [0.2, 0.25) is 11.8 Å². The number of rotatable bonds is 5. The number of likely N-dealkylation sites (tertiary alicyclic amines) is 1. The van der Waals surface area contributed by atoms with Crippen molar-refractivity contribution in [1.82, 2.24) is 29.9 Å². The molecule has 0 bridgehead atoms. The molecule has 0 saturated carbocycles. The van der Waals surface area contributed by atoms with Crippen LogP contribution in [0.2, 0.25) is 0 Å². The monoisotopic (exact) mass is 344 g/mol. The van der Waals surface area contributed by atoms with Gasteiger partial charge in [0.25, 0.3) is 0 Å². The Kier molecular flexibility index (Phi) is 4.96. The molecule has 25 heavy (non-hydrogen) atoms. The van der Waals surface area contributed by atoms with Gasteiger partial charge in [0.15, 0.2) is 0 Å². The van der Waals surface area contributed by atoms with Gasteiger partial charge in [-0.15, -0.1) is 5.10 Å². The van der Waals surface area contributed by atoms with E-state index in [1.807, 2.05) is 17.0 Å². The normalized spacial score (nSPS) is 17.7. The summed E-state index contributed by atoms with van der Waals surface area (Å²) in [5.74, 6) is 0.895. The quantitative estimate of drug-likeness (QED) is 0.812. The number of hydrogen-bond acceptors (Lipinski definition) is 6. The predicted molar refractivity (Wildman–Crippen MR) is 90.9 cm³/mol. The molecule has 8 heteroatoms. The van der Waals surface area contributed by atoms with Crippen molar-refractivity contribution in [3.05, 3.63) is 30.5 Å². The summed E-state index contributed by atoms with van der Waals surface area (Å²) in [7, 11) is 0. The Morgan fingerprint density at radius 3 is 2.80 bits per heavy atom. The number of hydrogen-bond donors (Lipinski definition) is 0. The van der Waals surface area contributed by atoms with E-state index in [-0.39, 0.29) is 17.9 Å². The molecule has 1 fully saturated rings. The van der Waals surface area contributed by atoms with Gasteiger partial charge in [-0.05, 0) is 12.5 Å². The third-order valence-corrected chi connectivity index (χ3v) is 4.28. The fraction of sp³-hybridized carbons (Fsp3) is 0.588. The SMILES string of the molecule is CC(C)(C)c1ccc(OCC2CCN(C(=O)Cn3cncn3)C2)nn1. The predicted octanol–water partition coefficient (Wildman–Crippen LogP) is 1.29. The van der Waals surface area contributed by atoms with E-state index in [0.717, 1.165) is 18.7 Å². The van der Waals surface area contributed by atoms with Crippen LogP contribution in [-0.2, 0) is 16.8 Å². The van der Waals surface area contributed by atoms with E-state index in [4.69, 9.17) is 4.74 Å². The van der Waals surface area contributed by atoms with Gasteiger partial charge >= 0.3 is 0 Å². The minimum atomic E-state index is -0.0259. The standard InChI is InChI=1S/C17H24N6O2/c1-17(2,3)14-4-5-15(21-20-14)25-10-13-6-7-22(8-13)16(24)9-23-12-18-11-19-23/h4-5,11-13H,6-10H2,1-3H3. The van der Waals surface area contributed by atoms with E-state index in [9.17, 15) is 4.79 Å². The van der Waals surface area contributed by atoms with Crippen molar-refractivity contribution in [2.75, 3.05) is 19.7 Å². The average Bonchev–Trinajstić information content (AvgIpc) is 3.24. The number of aromatic nitrogens is 5. The highest BCUT2D eigenvalue weighted by Crippen LogP contribution is 2.21. The largest absolute Gasteiger partial charge is 0.476 e. The zero-order valence-electron chi connectivity index (χ0n) is 14.9. The number of nitrogens with zero attached hydrogens (tertiary/aromatic N) is 6. The molecule has 3 heterocycles. The second-order valence-corrected chi connectivity index (χ2v) is 7.41. The molecular formula is C17H24N6O2. The molecule has 3 rings (SSSR count). The van der Waals surface area contributed by atoms with Gasteiger partial charge in [0.1, 0.15) is 19.2 Å². The van der Waals surface area contributed by atoms with E-state index in [1.54, 1.807) is 11.0 Å². The topological polar surface area (TPSA) is 86.0 Å². The summed E-state index contributed by atoms with van der Waals surface area (Å²) >= 11 is 0. The van der Waals surface area contributed by atoms with Crippen LogP contribution in [0.1, 0.15) is 32.9 Å². The molecule has 0 N–H and O–H groups in total. The maximum Gasteiger partial charge on any atom is 0.244 e. The second-order valence-electron chi connectivity index (χ2n) is 7.41. The van der Waals surface area contributed by atoms with Crippen LogP contribution in [0, 0.1) is 5.92 Å². The first kappa shape index (κ1) is 17.3. The number of carbonyl (C=O) groups is 1. The van der Waals surface area contributed by atoms with Crippen LogP contribution < -0.4 is 4.74 Å². The van der Waals surface area contributed by atoms with Crippen LogP contribution in [0.15, 0.2) is 24.8 Å². The molecule has 1 aliphatic rings. The number of amides is 1. The fourth-order valence-electron chi connectivity index (χ4n) is 2.75. The molecule has 0 radical (unpaired) electrons. The lowest BCUT2D eigenvalue weighted by atomic mass is 9.92. The summed E-state index contributed by atoms with van der Waals surface area (Å²) in [6.07, 6.45) is 3.91. The Balaban J connectivity index is 1.46. The van der Waals surface area contributed by atoms with Crippen LogP contribution in [0.5, 0.6) is 5.88 Å². The lowest BCUT2D eigenvalue weighted by Gasteiger charge is -2.17. The maximum atomic E-state index is 12.2. The van der Waals surface area contributed by atoms with E-state index in [1.165, 1.54) is 6.33 Å². The van der Waals surface area contributed by atoms with Gasteiger partial charge in [-0.2, -0.15) is 10.2 Å². The summed E-state index contributed by atoms with van der Waals surface area (Å²) in [5.41, 5.74) is 0.910. The highest BCUT2D eigenvalue weighted by molar-refractivity contribution is 5.76. The van der Waals surface area contributed by atoms with Crippen LogP contribution in [0.3, 0.4) is 0 Å². The first-order valence-corrected chi connectivity index (χ1v) is 8.49. The van der Waals surface area contributed by atoms with E-state index < -0.39 is 0 Å². The molecule has 8 nitrogen and oxygen atoms in total. The first-order valence-electron chi connectivity index (χ1n) is 8.49. The molecule has 2 aromatic heterocycles. The van der Waals surface area contributed by atoms with Crippen molar-refractivity contribution in [2.24, 2.45) is 5.92 Å². The van der Waals surface area contributed by atoms with E-state index in [2.05, 4.69) is 41.1 Å². The van der Waals surface area contributed by atoms with E-state index in [0.29, 0.717) is 24.9 Å². The molecule has 1 atom stereocenters. The molecule has 134 valence electrons. The van der Waals surface area contributed by atoms with E-state index >= 15 is 0 Å². The summed E-state index contributed by atoms with van der Waals surface area (Å²) in [6.45, 7) is 8.50. The van der Waals surface area contributed by atoms with Crippen molar-refractivity contribution >= 4 is 5.91 Å². The molecular weight excluding hydrogens is 320 g/mol. The summed E-state index contributed by atoms with van der Waals surface area (Å²) in [6, 6.07) is 3.81. The molecule has 1 saturated heterocycles. The van der Waals surface area contributed by atoms with Gasteiger partial charge in [-0.1, -0.05) is 20.8 Å². The maximum absolute atomic E-state index is 12.2. The molecule has 0 aromatic carbocycles. The van der Waals surface area contributed by atoms with Gasteiger partial charge in [0.05, 0.1) is 12.3 Å². The Labute approximate surface area is 147 Å². The minimum Gasteiger partial charge on any atom is -0.476 e. The van der Waals surface area contributed by atoms with Gasteiger partial charge in [-0.25, -0.2) is 9.67 Å².